The Labute approximate surface area is 131 Å². The molecular weight excluding hydrogens is 282 g/mol. The van der Waals surface area contributed by atoms with Gasteiger partial charge in [0.15, 0.2) is 0 Å². The van der Waals surface area contributed by atoms with Crippen molar-refractivity contribution in [2.24, 2.45) is 0 Å². The summed E-state index contributed by atoms with van der Waals surface area (Å²) in [4.78, 5) is 2.17. The number of ether oxygens (including phenoxy) is 2. The van der Waals surface area contributed by atoms with E-state index in [-0.39, 0.29) is 0 Å². The van der Waals surface area contributed by atoms with Crippen LogP contribution < -0.4 is 0 Å². The predicted molar refractivity (Wildman–Crippen MR) is 83.5 cm³/mol. The van der Waals surface area contributed by atoms with Gasteiger partial charge >= 0.3 is 0 Å². The summed E-state index contributed by atoms with van der Waals surface area (Å²) in [6.07, 6.45) is 0. The third kappa shape index (κ3) is 4.91. The van der Waals surface area contributed by atoms with Gasteiger partial charge in [-0.15, -0.1) is 10.2 Å². The number of rotatable bonds is 9. The molecule has 1 heterocycles. The molecule has 1 aromatic carbocycles. The van der Waals surface area contributed by atoms with Gasteiger partial charge in [-0.2, -0.15) is 0 Å². The average molecular weight is 305 g/mol. The van der Waals surface area contributed by atoms with Crippen molar-refractivity contribution in [1.82, 2.24) is 15.1 Å². The van der Waals surface area contributed by atoms with Crippen LogP contribution in [0.4, 0.5) is 0 Å². The van der Waals surface area contributed by atoms with Crippen LogP contribution in [-0.2, 0) is 16.0 Å². The lowest BCUT2D eigenvalue weighted by atomic mass is 10.1. The van der Waals surface area contributed by atoms with Gasteiger partial charge in [0.2, 0.25) is 11.8 Å². The Kier molecular flexibility index (Phi) is 6.51. The molecule has 0 N–H and O–H groups in total. The van der Waals surface area contributed by atoms with Crippen molar-refractivity contribution in [2.75, 3.05) is 40.5 Å². The minimum Gasteiger partial charge on any atom is -0.419 e. The molecule has 0 spiro atoms. The molecule has 6 heteroatoms. The summed E-state index contributed by atoms with van der Waals surface area (Å²) < 4.78 is 16.0. The molecular formula is C16H23N3O3. The highest BCUT2D eigenvalue weighted by Gasteiger charge is 2.13. The van der Waals surface area contributed by atoms with E-state index in [4.69, 9.17) is 13.9 Å². The first-order valence-corrected chi connectivity index (χ1v) is 7.32. The van der Waals surface area contributed by atoms with Gasteiger partial charge in [0.25, 0.3) is 0 Å². The second-order valence-corrected chi connectivity index (χ2v) is 5.13. The molecule has 0 aliphatic carbocycles. The van der Waals surface area contributed by atoms with Crippen LogP contribution in [0.25, 0.3) is 11.5 Å². The minimum absolute atomic E-state index is 0.553. The van der Waals surface area contributed by atoms with Crippen molar-refractivity contribution >= 4 is 0 Å². The molecule has 0 amide bonds. The maximum atomic E-state index is 5.77. The number of nitrogens with zero attached hydrogens (tertiary/aromatic N) is 3. The first kappa shape index (κ1) is 16.6. The molecule has 2 rings (SSSR count). The summed E-state index contributed by atoms with van der Waals surface area (Å²) in [5.41, 5.74) is 2.11. The van der Waals surface area contributed by atoms with Gasteiger partial charge in [-0.1, -0.05) is 17.7 Å². The molecule has 22 heavy (non-hydrogen) atoms. The minimum atomic E-state index is 0.553. The molecule has 0 aliphatic rings. The van der Waals surface area contributed by atoms with Gasteiger partial charge in [0.05, 0.1) is 19.8 Å². The largest absolute Gasteiger partial charge is 0.419 e. The molecule has 0 saturated heterocycles. The normalized spacial score (nSPS) is 11.3. The van der Waals surface area contributed by atoms with Gasteiger partial charge in [-0.25, -0.2) is 0 Å². The molecule has 120 valence electrons. The zero-order chi connectivity index (χ0) is 15.8. The lowest BCUT2D eigenvalue weighted by Gasteiger charge is -2.19. The van der Waals surface area contributed by atoms with E-state index in [0.717, 1.165) is 18.7 Å². The highest BCUT2D eigenvalue weighted by atomic mass is 16.5. The lowest BCUT2D eigenvalue weighted by Crippen LogP contribution is -2.30. The van der Waals surface area contributed by atoms with Gasteiger partial charge < -0.3 is 13.9 Å². The zero-order valence-corrected chi connectivity index (χ0v) is 13.4. The third-order valence-corrected chi connectivity index (χ3v) is 3.31. The summed E-state index contributed by atoms with van der Waals surface area (Å²) >= 11 is 0. The topological polar surface area (TPSA) is 60.6 Å². The molecule has 6 nitrogen and oxygen atoms in total. The van der Waals surface area contributed by atoms with Gasteiger partial charge in [0, 0.05) is 32.9 Å². The maximum absolute atomic E-state index is 5.77. The second-order valence-electron chi connectivity index (χ2n) is 5.13. The fourth-order valence-electron chi connectivity index (χ4n) is 2.11. The zero-order valence-electron chi connectivity index (χ0n) is 13.4. The van der Waals surface area contributed by atoms with Crippen LogP contribution in [0, 0.1) is 6.92 Å². The molecule has 0 fully saturated rings. The number of hydrogen-bond acceptors (Lipinski definition) is 6. The standard InChI is InChI=1S/C16H23N3O3/c1-13-5-4-6-14(11-13)16-18-17-15(22-16)12-19(7-9-20-2)8-10-21-3/h4-6,11H,7-10,12H2,1-3H3. The summed E-state index contributed by atoms with van der Waals surface area (Å²) in [6, 6.07) is 8.03. The molecule has 1 aromatic heterocycles. The number of hydrogen-bond donors (Lipinski definition) is 0. The molecule has 0 saturated carbocycles. The van der Waals surface area contributed by atoms with Gasteiger partial charge in [0.1, 0.15) is 0 Å². The van der Waals surface area contributed by atoms with Crippen LogP contribution in [0.3, 0.4) is 0 Å². The van der Waals surface area contributed by atoms with Crippen LogP contribution in [0.1, 0.15) is 11.5 Å². The van der Waals surface area contributed by atoms with E-state index in [1.54, 1.807) is 14.2 Å². The summed E-state index contributed by atoms with van der Waals surface area (Å²) in [5, 5.41) is 8.27. The van der Waals surface area contributed by atoms with Gasteiger partial charge in [-0.3, -0.25) is 4.90 Å². The quantitative estimate of drug-likeness (QED) is 0.707. The van der Waals surface area contributed by atoms with Crippen molar-refractivity contribution < 1.29 is 13.9 Å². The smallest absolute Gasteiger partial charge is 0.247 e. The van der Waals surface area contributed by atoms with E-state index in [2.05, 4.69) is 15.1 Å². The molecule has 2 aromatic rings. The van der Waals surface area contributed by atoms with Crippen molar-refractivity contribution in [3.05, 3.63) is 35.7 Å². The Bertz CT molecular complexity index is 563. The highest BCUT2D eigenvalue weighted by Crippen LogP contribution is 2.19. The predicted octanol–water partition coefficient (Wildman–Crippen LogP) is 2.14. The SMILES string of the molecule is COCCN(CCOC)Cc1nnc(-c2cccc(C)c2)o1. The summed E-state index contributed by atoms with van der Waals surface area (Å²) in [7, 11) is 3.38. The number of methoxy groups -OCH3 is 2. The van der Waals surface area contributed by atoms with Crippen molar-refractivity contribution in [3.8, 4) is 11.5 Å². The summed E-state index contributed by atoms with van der Waals surface area (Å²) in [6.45, 7) is 5.53. The Morgan fingerprint density at radius 2 is 1.82 bits per heavy atom. The lowest BCUT2D eigenvalue weighted by molar-refractivity contribution is 0.105. The first-order valence-electron chi connectivity index (χ1n) is 7.32. The van der Waals surface area contributed by atoms with Crippen LogP contribution >= 0.6 is 0 Å². The van der Waals surface area contributed by atoms with E-state index in [0.29, 0.717) is 31.5 Å². The van der Waals surface area contributed by atoms with E-state index < -0.39 is 0 Å². The third-order valence-electron chi connectivity index (χ3n) is 3.31. The van der Waals surface area contributed by atoms with Crippen LogP contribution in [0.5, 0.6) is 0 Å². The van der Waals surface area contributed by atoms with Gasteiger partial charge in [-0.05, 0) is 19.1 Å². The van der Waals surface area contributed by atoms with Crippen molar-refractivity contribution in [2.45, 2.75) is 13.5 Å². The Hall–Kier alpha value is -1.76. The van der Waals surface area contributed by atoms with Crippen LogP contribution in [0.15, 0.2) is 28.7 Å². The average Bonchev–Trinajstić information content (AvgIpc) is 2.98. The monoisotopic (exact) mass is 305 g/mol. The number of benzene rings is 1. The number of aromatic nitrogens is 2. The fourth-order valence-corrected chi connectivity index (χ4v) is 2.11. The highest BCUT2D eigenvalue weighted by molar-refractivity contribution is 5.53. The first-order chi connectivity index (χ1) is 10.7. The van der Waals surface area contributed by atoms with Crippen molar-refractivity contribution in [3.63, 3.8) is 0 Å². The van der Waals surface area contributed by atoms with Crippen LogP contribution in [-0.4, -0.2) is 55.6 Å². The van der Waals surface area contributed by atoms with Crippen LogP contribution in [0.2, 0.25) is 0 Å². The Balaban J connectivity index is 2.02. The molecule has 0 bridgehead atoms. The molecule has 0 atom stereocenters. The van der Waals surface area contributed by atoms with Crippen molar-refractivity contribution in [1.29, 1.82) is 0 Å². The Morgan fingerprint density at radius 3 is 2.45 bits per heavy atom. The van der Waals surface area contributed by atoms with E-state index in [9.17, 15) is 0 Å². The number of aryl methyl sites for hydroxylation is 1. The van der Waals surface area contributed by atoms with E-state index in [1.165, 1.54) is 5.56 Å². The second kappa shape index (κ2) is 8.63. The van der Waals surface area contributed by atoms with E-state index >= 15 is 0 Å². The maximum Gasteiger partial charge on any atom is 0.247 e. The Morgan fingerprint density at radius 1 is 1.09 bits per heavy atom. The summed E-state index contributed by atoms with van der Waals surface area (Å²) in [5.74, 6) is 1.15. The fraction of sp³-hybridized carbons (Fsp3) is 0.500. The molecule has 0 unspecified atom stereocenters. The molecule has 0 radical (unpaired) electrons. The molecule has 0 aliphatic heterocycles. The van der Waals surface area contributed by atoms with E-state index in [1.807, 2.05) is 31.2 Å².